The van der Waals surface area contributed by atoms with Gasteiger partial charge in [-0.1, -0.05) is 15.9 Å². The van der Waals surface area contributed by atoms with Crippen LogP contribution in [-0.4, -0.2) is 30.9 Å². The third-order valence-electron chi connectivity index (χ3n) is 2.99. The minimum atomic E-state index is -0.494. The van der Waals surface area contributed by atoms with Gasteiger partial charge in [-0.2, -0.15) is 0 Å². The molecule has 0 aliphatic rings. The van der Waals surface area contributed by atoms with Crippen LogP contribution >= 0.6 is 27.7 Å². The van der Waals surface area contributed by atoms with E-state index in [1.165, 1.54) is 11.8 Å². The summed E-state index contributed by atoms with van der Waals surface area (Å²) in [5.41, 5.74) is 1.34. The molecule has 124 valence electrons. The molecule has 0 saturated heterocycles. The first-order valence-corrected chi connectivity index (χ1v) is 9.13. The number of hydrogen-bond acceptors (Lipinski definition) is 6. The van der Waals surface area contributed by atoms with Crippen LogP contribution in [-0.2, 0) is 20.0 Å². The van der Waals surface area contributed by atoms with Crippen LogP contribution in [0.25, 0.3) is 11.0 Å². The maximum Gasteiger partial charge on any atom is 0.374 e. The summed E-state index contributed by atoms with van der Waals surface area (Å²) in [7, 11) is 0. The molecule has 0 amide bonds. The van der Waals surface area contributed by atoms with E-state index >= 15 is 0 Å². The summed E-state index contributed by atoms with van der Waals surface area (Å²) in [4.78, 5) is 23.5. The van der Waals surface area contributed by atoms with Crippen LogP contribution in [0.5, 0.6) is 0 Å². The maximum atomic E-state index is 12.1. The van der Waals surface area contributed by atoms with Crippen molar-refractivity contribution in [2.45, 2.75) is 19.6 Å². The zero-order chi connectivity index (χ0) is 16.8. The van der Waals surface area contributed by atoms with Gasteiger partial charge in [0.15, 0.2) is 0 Å². The van der Waals surface area contributed by atoms with Crippen LogP contribution in [0.4, 0.5) is 0 Å². The van der Waals surface area contributed by atoms with E-state index in [0.29, 0.717) is 17.9 Å². The molecule has 23 heavy (non-hydrogen) atoms. The molecule has 0 unspecified atom stereocenters. The largest absolute Gasteiger partial charge is 0.465 e. The van der Waals surface area contributed by atoms with Gasteiger partial charge in [-0.15, -0.1) is 11.8 Å². The number of halogens is 1. The van der Waals surface area contributed by atoms with Gasteiger partial charge in [0.05, 0.1) is 19.0 Å². The van der Waals surface area contributed by atoms with E-state index in [2.05, 4.69) is 15.9 Å². The summed E-state index contributed by atoms with van der Waals surface area (Å²) >= 11 is 4.79. The molecular formula is C16H17BrO5S. The fraction of sp³-hybridized carbons (Fsp3) is 0.375. The highest BCUT2D eigenvalue weighted by atomic mass is 79.9. The Morgan fingerprint density at radius 3 is 2.65 bits per heavy atom. The Morgan fingerprint density at radius 2 is 1.96 bits per heavy atom. The molecule has 7 heteroatoms. The Labute approximate surface area is 146 Å². The molecule has 0 spiro atoms. The number of hydrogen-bond donors (Lipinski definition) is 0. The quantitative estimate of drug-likeness (QED) is 0.649. The highest BCUT2D eigenvalue weighted by Gasteiger charge is 2.22. The molecule has 0 aliphatic carbocycles. The first kappa shape index (κ1) is 17.9. The standard InChI is InChI=1S/C16H17BrO5S/c1-3-20-14(18)9-23-8-12-11-7-10(17)5-6-13(11)22-15(12)16(19)21-4-2/h5-7H,3-4,8-9H2,1-2H3. The molecule has 1 aromatic heterocycles. The van der Waals surface area contributed by atoms with E-state index in [-0.39, 0.29) is 24.1 Å². The summed E-state index contributed by atoms with van der Waals surface area (Å²) < 4.78 is 16.5. The predicted octanol–water partition coefficient (Wildman–Crippen LogP) is 4.17. The van der Waals surface area contributed by atoms with E-state index < -0.39 is 5.97 Å². The Kier molecular flexibility index (Phi) is 6.53. The molecule has 2 rings (SSSR count). The van der Waals surface area contributed by atoms with Gasteiger partial charge in [-0.25, -0.2) is 4.79 Å². The third kappa shape index (κ3) is 4.51. The molecule has 0 atom stereocenters. The monoisotopic (exact) mass is 400 g/mol. The molecule has 1 heterocycles. The number of esters is 2. The fourth-order valence-corrected chi connectivity index (χ4v) is 3.27. The van der Waals surface area contributed by atoms with Gasteiger partial charge in [0, 0.05) is 21.2 Å². The predicted molar refractivity (Wildman–Crippen MR) is 92.7 cm³/mol. The fourth-order valence-electron chi connectivity index (χ4n) is 2.06. The van der Waals surface area contributed by atoms with Gasteiger partial charge in [0.25, 0.3) is 0 Å². The van der Waals surface area contributed by atoms with Crippen molar-refractivity contribution in [1.29, 1.82) is 0 Å². The summed E-state index contributed by atoms with van der Waals surface area (Å²) in [6.07, 6.45) is 0. The number of rotatable bonds is 7. The van der Waals surface area contributed by atoms with Gasteiger partial charge >= 0.3 is 11.9 Å². The zero-order valence-electron chi connectivity index (χ0n) is 12.9. The minimum absolute atomic E-state index is 0.191. The van der Waals surface area contributed by atoms with E-state index in [4.69, 9.17) is 13.9 Å². The molecule has 1 aromatic carbocycles. The van der Waals surface area contributed by atoms with Crippen molar-refractivity contribution in [2.24, 2.45) is 0 Å². The van der Waals surface area contributed by atoms with Crippen molar-refractivity contribution in [1.82, 2.24) is 0 Å². The second-order valence-electron chi connectivity index (χ2n) is 4.57. The Morgan fingerprint density at radius 1 is 1.22 bits per heavy atom. The highest BCUT2D eigenvalue weighted by Crippen LogP contribution is 2.32. The summed E-state index contributed by atoms with van der Waals surface area (Å²) in [6.45, 7) is 4.14. The van der Waals surface area contributed by atoms with Gasteiger partial charge in [-0.3, -0.25) is 4.79 Å². The normalized spacial score (nSPS) is 10.7. The lowest BCUT2D eigenvalue weighted by molar-refractivity contribution is -0.139. The average molecular weight is 401 g/mol. The lowest BCUT2D eigenvalue weighted by Crippen LogP contribution is -2.08. The number of furan rings is 1. The SMILES string of the molecule is CCOC(=O)CSCc1c(C(=O)OCC)oc2ccc(Br)cc12. The van der Waals surface area contributed by atoms with Crippen molar-refractivity contribution < 1.29 is 23.5 Å². The van der Waals surface area contributed by atoms with E-state index in [9.17, 15) is 9.59 Å². The van der Waals surface area contributed by atoms with E-state index in [0.717, 1.165) is 15.4 Å². The number of ether oxygens (including phenoxy) is 2. The Hall–Kier alpha value is -1.47. The Balaban J connectivity index is 2.26. The van der Waals surface area contributed by atoms with E-state index in [1.54, 1.807) is 19.9 Å². The molecule has 0 N–H and O–H groups in total. The summed E-state index contributed by atoms with van der Waals surface area (Å²) in [5.74, 6) is 0.0970. The van der Waals surface area contributed by atoms with Gasteiger partial charge in [0.2, 0.25) is 5.76 Å². The molecular weight excluding hydrogens is 384 g/mol. The first-order chi connectivity index (χ1) is 11.1. The van der Waals surface area contributed by atoms with Gasteiger partial charge in [-0.05, 0) is 32.0 Å². The van der Waals surface area contributed by atoms with Crippen LogP contribution in [0, 0.1) is 0 Å². The number of fused-ring (bicyclic) bond motifs is 1. The number of thioether (sulfide) groups is 1. The zero-order valence-corrected chi connectivity index (χ0v) is 15.3. The van der Waals surface area contributed by atoms with Crippen LogP contribution in [0.3, 0.4) is 0 Å². The second-order valence-corrected chi connectivity index (χ2v) is 6.47. The number of carbonyl (C=O) groups is 2. The van der Waals surface area contributed by atoms with Crippen LogP contribution in [0.1, 0.15) is 30.0 Å². The van der Waals surface area contributed by atoms with Crippen molar-refractivity contribution in [2.75, 3.05) is 19.0 Å². The minimum Gasteiger partial charge on any atom is -0.465 e. The molecule has 0 saturated carbocycles. The molecule has 0 bridgehead atoms. The number of benzene rings is 1. The molecule has 0 radical (unpaired) electrons. The van der Waals surface area contributed by atoms with Crippen molar-refractivity contribution in [3.63, 3.8) is 0 Å². The summed E-state index contributed by atoms with van der Waals surface area (Å²) in [5, 5.41) is 0.832. The van der Waals surface area contributed by atoms with E-state index in [1.807, 2.05) is 12.1 Å². The second kappa shape index (κ2) is 8.40. The topological polar surface area (TPSA) is 65.7 Å². The van der Waals surface area contributed by atoms with Crippen molar-refractivity contribution in [3.8, 4) is 0 Å². The molecule has 0 aliphatic heterocycles. The molecule has 2 aromatic rings. The van der Waals surface area contributed by atoms with Gasteiger partial charge < -0.3 is 13.9 Å². The lowest BCUT2D eigenvalue weighted by atomic mass is 10.1. The van der Waals surface area contributed by atoms with Crippen molar-refractivity contribution >= 4 is 50.6 Å². The maximum absolute atomic E-state index is 12.1. The molecule has 5 nitrogen and oxygen atoms in total. The smallest absolute Gasteiger partial charge is 0.374 e. The first-order valence-electron chi connectivity index (χ1n) is 7.18. The number of carbonyl (C=O) groups excluding carboxylic acids is 2. The Bertz CT molecular complexity index is 710. The molecule has 0 fully saturated rings. The third-order valence-corrected chi connectivity index (χ3v) is 4.41. The van der Waals surface area contributed by atoms with Crippen molar-refractivity contribution in [3.05, 3.63) is 34.0 Å². The lowest BCUT2D eigenvalue weighted by Gasteiger charge is -2.04. The van der Waals surface area contributed by atoms with Crippen LogP contribution in [0.15, 0.2) is 27.1 Å². The van der Waals surface area contributed by atoms with Crippen LogP contribution < -0.4 is 0 Å². The summed E-state index contributed by atoms with van der Waals surface area (Å²) in [6, 6.07) is 5.53. The van der Waals surface area contributed by atoms with Crippen LogP contribution in [0.2, 0.25) is 0 Å². The highest BCUT2D eigenvalue weighted by molar-refractivity contribution is 9.10. The van der Waals surface area contributed by atoms with Gasteiger partial charge in [0.1, 0.15) is 5.58 Å². The average Bonchev–Trinajstić information content (AvgIpc) is 2.86.